The normalized spacial score (nSPS) is 11.8. The highest BCUT2D eigenvalue weighted by Crippen LogP contribution is 2.30. The van der Waals surface area contributed by atoms with Gasteiger partial charge in [-0.2, -0.15) is 0 Å². The molecule has 0 aliphatic heterocycles. The van der Waals surface area contributed by atoms with Crippen molar-refractivity contribution in [3.63, 3.8) is 0 Å². The number of benzene rings is 1. The fraction of sp³-hybridized carbons (Fsp3) is 0.444. The molecule has 0 radical (unpaired) electrons. The van der Waals surface area contributed by atoms with Crippen molar-refractivity contribution >= 4 is 22.6 Å². The monoisotopic (exact) mass is 381 g/mol. The van der Waals surface area contributed by atoms with Crippen LogP contribution in [-0.4, -0.2) is 4.57 Å². The van der Waals surface area contributed by atoms with Gasteiger partial charge in [-0.15, -0.1) is 0 Å². The van der Waals surface area contributed by atoms with E-state index in [0.717, 1.165) is 13.0 Å². The third kappa shape index (κ3) is 3.46. The summed E-state index contributed by atoms with van der Waals surface area (Å²) in [5, 5.41) is 0. The van der Waals surface area contributed by atoms with Crippen molar-refractivity contribution in [2.24, 2.45) is 0 Å². The highest BCUT2D eigenvalue weighted by Gasteiger charge is 2.22. The first-order valence-corrected chi connectivity index (χ1v) is 8.43. The van der Waals surface area contributed by atoms with Crippen molar-refractivity contribution in [2.75, 3.05) is 0 Å². The average Bonchev–Trinajstić information content (AvgIpc) is 2.69. The minimum absolute atomic E-state index is 0.181. The fourth-order valence-corrected chi connectivity index (χ4v) is 3.47. The van der Waals surface area contributed by atoms with E-state index in [1.165, 1.54) is 26.9 Å². The first kappa shape index (κ1) is 15.6. The highest BCUT2D eigenvalue weighted by molar-refractivity contribution is 14.1. The van der Waals surface area contributed by atoms with Gasteiger partial charge in [0.05, 0.1) is 0 Å². The molecule has 2 aromatic rings. The van der Waals surface area contributed by atoms with Crippen molar-refractivity contribution in [1.82, 2.24) is 4.57 Å². The zero-order valence-electron chi connectivity index (χ0n) is 12.9. The SMILES string of the molecule is CCCc1c(I)cc(C(C)(C)C)n1Cc1ccccc1. The Bertz CT molecular complexity index is 561. The maximum absolute atomic E-state index is 2.53. The third-order valence-electron chi connectivity index (χ3n) is 3.59. The minimum atomic E-state index is 0.181. The molecule has 0 N–H and O–H groups in total. The zero-order valence-corrected chi connectivity index (χ0v) is 15.1. The second-order valence-corrected chi connectivity index (χ2v) is 7.56. The van der Waals surface area contributed by atoms with Crippen LogP contribution in [0.25, 0.3) is 0 Å². The van der Waals surface area contributed by atoms with Gasteiger partial charge >= 0.3 is 0 Å². The number of halogens is 1. The van der Waals surface area contributed by atoms with Gasteiger partial charge in [0.2, 0.25) is 0 Å². The maximum Gasteiger partial charge on any atom is 0.0476 e. The van der Waals surface area contributed by atoms with Crippen LogP contribution in [0.2, 0.25) is 0 Å². The zero-order chi connectivity index (χ0) is 14.8. The number of rotatable bonds is 4. The van der Waals surface area contributed by atoms with Crippen LogP contribution in [0.4, 0.5) is 0 Å². The van der Waals surface area contributed by atoms with E-state index < -0.39 is 0 Å². The Morgan fingerprint density at radius 2 is 1.75 bits per heavy atom. The molecule has 2 rings (SSSR count). The lowest BCUT2D eigenvalue weighted by molar-refractivity contribution is 0.522. The summed E-state index contributed by atoms with van der Waals surface area (Å²) in [7, 11) is 0. The van der Waals surface area contributed by atoms with Gasteiger partial charge < -0.3 is 4.57 Å². The topological polar surface area (TPSA) is 4.93 Å². The molecule has 20 heavy (non-hydrogen) atoms. The van der Waals surface area contributed by atoms with Gasteiger partial charge in [-0.1, -0.05) is 64.4 Å². The molecule has 108 valence electrons. The van der Waals surface area contributed by atoms with Crippen molar-refractivity contribution < 1.29 is 0 Å². The van der Waals surface area contributed by atoms with Gasteiger partial charge in [-0.3, -0.25) is 0 Å². The third-order valence-corrected chi connectivity index (χ3v) is 4.53. The second kappa shape index (κ2) is 6.33. The molecular formula is C18H24IN. The van der Waals surface area contributed by atoms with E-state index in [2.05, 4.69) is 91.3 Å². The molecule has 0 fully saturated rings. The molecule has 0 saturated carbocycles. The van der Waals surface area contributed by atoms with E-state index in [1.807, 2.05) is 0 Å². The Morgan fingerprint density at radius 1 is 1.10 bits per heavy atom. The molecule has 1 aromatic heterocycles. The Hall–Kier alpha value is -0.770. The predicted molar refractivity (Wildman–Crippen MR) is 95.4 cm³/mol. The van der Waals surface area contributed by atoms with Gasteiger partial charge in [-0.05, 0) is 40.6 Å². The first-order valence-electron chi connectivity index (χ1n) is 7.35. The number of nitrogens with zero attached hydrogens (tertiary/aromatic N) is 1. The standard InChI is InChI=1S/C18H24IN/c1-5-9-16-15(19)12-17(18(2,3)4)20(16)13-14-10-7-6-8-11-14/h6-8,10-12H,5,9,13H2,1-4H3. The summed E-state index contributed by atoms with van der Waals surface area (Å²) in [4.78, 5) is 0. The van der Waals surface area contributed by atoms with Crippen LogP contribution in [-0.2, 0) is 18.4 Å². The van der Waals surface area contributed by atoms with Crippen LogP contribution in [0.5, 0.6) is 0 Å². The number of hydrogen-bond donors (Lipinski definition) is 0. The first-order chi connectivity index (χ1) is 9.43. The predicted octanol–water partition coefficient (Wildman–Crippen LogP) is 5.39. The summed E-state index contributed by atoms with van der Waals surface area (Å²) < 4.78 is 3.94. The quantitative estimate of drug-likeness (QED) is 0.626. The molecule has 0 aliphatic rings. The summed E-state index contributed by atoms with van der Waals surface area (Å²) in [5.41, 5.74) is 4.49. The Kier molecular flexibility index (Phi) is 4.95. The van der Waals surface area contributed by atoms with Crippen molar-refractivity contribution in [1.29, 1.82) is 0 Å². The lowest BCUT2D eigenvalue weighted by atomic mass is 9.92. The van der Waals surface area contributed by atoms with E-state index in [-0.39, 0.29) is 5.41 Å². The molecule has 1 nitrogen and oxygen atoms in total. The van der Waals surface area contributed by atoms with Crippen molar-refractivity contribution in [3.8, 4) is 0 Å². The molecule has 1 aromatic carbocycles. The van der Waals surface area contributed by atoms with E-state index in [0.29, 0.717) is 0 Å². The average molecular weight is 381 g/mol. The molecule has 0 atom stereocenters. The van der Waals surface area contributed by atoms with Crippen LogP contribution < -0.4 is 0 Å². The molecule has 0 bridgehead atoms. The Labute approximate surface area is 136 Å². The molecule has 2 heteroatoms. The van der Waals surface area contributed by atoms with E-state index in [9.17, 15) is 0 Å². The fourth-order valence-electron chi connectivity index (χ4n) is 2.61. The van der Waals surface area contributed by atoms with Gasteiger partial charge in [0.15, 0.2) is 0 Å². The molecule has 0 saturated heterocycles. The summed E-state index contributed by atoms with van der Waals surface area (Å²) in [6.07, 6.45) is 2.35. The molecule has 1 heterocycles. The van der Waals surface area contributed by atoms with Gasteiger partial charge in [-0.25, -0.2) is 0 Å². The van der Waals surface area contributed by atoms with Crippen LogP contribution in [0.15, 0.2) is 36.4 Å². The van der Waals surface area contributed by atoms with Crippen LogP contribution in [0, 0.1) is 3.57 Å². The molecule has 0 amide bonds. The van der Waals surface area contributed by atoms with Gasteiger partial charge in [0, 0.05) is 26.9 Å². The lowest BCUT2D eigenvalue weighted by Crippen LogP contribution is -2.19. The van der Waals surface area contributed by atoms with E-state index in [1.54, 1.807) is 0 Å². The summed E-state index contributed by atoms with van der Waals surface area (Å²) >= 11 is 2.49. The smallest absolute Gasteiger partial charge is 0.0476 e. The largest absolute Gasteiger partial charge is 0.343 e. The Balaban J connectivity index is 2.47. The van der Waals surface area contributed by atoms with Crippen LogP contribution >= 0.6 is 22.6 Å². The van der Waals surface area contributed by atoms with Crippen LogP contribution in [0.1, 0.15) is 51.1 Å². The maximum atomic E-state index is 2.53. The van der Waals surface area contributed by atoms with E-state index in [4.69, 9.17) is 0 Å². The molecule has 0 aliphatic carbocycles. The van der Waals surface area contributed by atoms with Gasteiger partial charge in [0.1, 0.15) is 0 Å². The summed E-state index contributed by atoms with van der Waals surface area (Å²) in [6.45, 7) is 10.1. The number of aromatic nitrogens is 1. The molecule has 0 unspecified atom stereocenters. The number of hydrogen-bond acceptors (Lipinski definition) is 0. The summed E-state index contributed by atoms with van der Waals surface area (Å²) in [5.74, 6) is 0. The van der Waals surface area contributed by atoms with Crippen LogP contribution in [0.3, 0.4) is 0 Å². The van der Waals surface area contributed by atoms with Gasteiger partial charge in [0.25, 0.3) is 0 Å². The Morgan fingerprint density at radius 3 is 2.30 bits per heavy atom. The van der Waals surface area contributed by atoms with Crippen molar-refractivity contribution in [2.45, 2.75) is 52.5 Å². The summed E-state index contributed by atoms with van der Waals surface area (Å²) in [6, 6.07) is 13.1. The molecular weight excluding hydrogens is 357 g/mol. The minimum Gasteiger partial charge on any atom is -0.343 e. The lowest BCUT2D eigenvalue weighted by Gasteiger charge is -2.23. The highest BCUT2D eigenvalue weighted by atomic mass is 127. The van der Waals surface area contributed by atoms with Crippen molar-refractivity contribution in [3.05, 3.63) is 56.9 Å². The van der Waals surface area contributed by atoms with E-state index >= 15 is 0 Å². The molecule has 0 spiro atoms. The second-order valence-electron chi connectivity index (χ2n) is 6.40.